The lowest BCUT2D eigenvalue weighted by Crippen LogP contribution is -2.40. The van der Waals surface area contributed by atoms with Crippen LogP contribution in [0.5, 0.6) is 11.5 Å². The highest BCUT2D eigenvalue weighted by molar-refractivity contribution is 7.89. The minimum atomic E-state index is -3.49. The van der Waals surface area contributed by atoms with Crippen LogP contribution in [-0.4, -0.2) is 52.1 Å². The molecule has 3 rings (SSSR count). The van der Waals surface area contributed by atoms with Crippen LogP contribution in [0.15, 0.2) is 23.1 Å². The Morgan fingerprint density at radius 3 is 2.73 bits per heavy atom. The van der Waals surface area contributed by atoms with Crippen molar-refractivity contribution >= 4 is 22.4 Å². The largest absolute Gasteiger partial charge is 0.486 e. The standard InChI is InChI=1S/C14H20N2O4S.ClH/c1-15-10-11-3-2-6-16(11)21(17,18)12-4-5-13-14(9-12)20-8-7-19-13;/h4-5,9,11,15H,2-3,6-8,10H2,1H3;1H. The number of ether oxygens (including phenoxy) is 2. The molecule has 22 heavy (non-hydrogen) atoms. The topological polar surface area (TPSA) is 67.9 Å². The predicted octanol–water partition coefficient (Wildman–Crippen LogP) is 1.25. The molecule has 8 heteroatoms. The molecule has 1 N–H and O–H groups in total. The Balaban J connectivity index is 0.00000176. The molecule has 1 atom stereocenters. The van der Waals surface area contributed by atoms with E-state index in [1.807, 2.05) is 7.05 Å². The van der Waals surface area contributed by atoms with E-state index in [1.54, 1.807) is 22.5 Å². The highest BCUT2D eigenvalue weighted by atomic mass is 35.5. The normalized spacial score (nSPS) is 21.4. The number of fused-ring (bicyclic) bond motifs is 1. The first-order chi connectivity index (χ1) is 10.1. The molecule has 0 amide bonds. The fourth-order valence-corrected chi connectivity index (χ4v) is 4.59. The fourth-order valence-electron chi connectivity index (χ4n) is 2.88. The Hall–Kier alpha value is -1.02. The predicted molar refractivity (Wildman–Crippen MR) is 85.5 cm³/mol. The van der Waals surface area contributed by atoms with Crippen molar-refractivity contribution in [2.75, 3.05) is 33.4 Å². The van der Waals surface area contributed by atoms with E-state index in [0.29, 0.717) is 37.8 Å². The minimum absolute atomic E-state index is 0. The first-order valence-corrected chi connectivity index (χ1v) is 8.63. The van der Waals surface area contributed by atoms with Crippen LogP contribution in [0.3, 0.4) is 0 Å². The van der Waals surface area contributed by atoms with E-state index >= 15 is 0 Å². The van der Waals surface area contributed by atoms with Gasteiger partial charge >= 0.3 is 0 Å². The molecule has 0 radical (unpaired) electrons. The average Bonchev–Trinajstić information content (AvgIpc) is 2.96. The molecule has 0 bridgehead atoms. The summed E-state index contributed by atoms with van der Waals surface area (Å²) in [6.45, 7) is 2.19. The molecular weight excluding hydrogens is 328 g/mol. The quantitative estimate of drug-likeness (QED) is 0.887. The lowest BCUT2D eigenvalue weighted by Gasteiger charge is -2.25. The number of sulfonamides is 1. The van der Waals surface area contributed by atoms with Crippen molar-refractivity contribution in [3.63, 3.8) is 0 Å². The monoisotopic (exact) mass is 348 g/mol. The third-order valence-electron chi connectivity index (χ3n) is 3.88. The van der Waals surface area contributed by atoms with Gasteiger partial charge in [0.25, 0.3) is 0 Å². The summed E-state index contributed by atoms with van der Waals surface area (Å²) in [5.41, 5.74) is 0. The van der Waals surface area contributed by atoms with Crippen LogP contribution in [0.2, 0.25) is 0 Å². The molecule has 1 unspecified atom stereocenters. The van der Waals surface area contributed by atoms with E-state index in [2.05, 4.69) is 5.32 Å². The molecule has 1 fully saturated rings. The molecule has 2 heterocycles. The summed E-state index contributed by atoms with van der Waals surface area (Å²) in [5.74, 6) is 1.11. The zero-order chi connectivity index (χ0) is 14.9. The molecule has 0 spiro atoms. The Morgan fingerprint density at radius 1 is 1.27 bits per heavy atom. The molecule has 1 aromatic rings. The highest BCUT2D eigenvalue weighted by Crippen LogP contribution is 2.34. The van der Waals surface area contributed by atoms with E-state index < -0.39 is 10.0 Å². The average molecular weight is 349 g/mol. The van der Waals surface area contributed by atoms with Crippen LogP contribution < -0.4 is 14.8 Å². The van der Waals surface area contributed by atoms with Crippen molar-refractivity contribution < 1.29 is 17.9 Å². The smallest absolute Gasteiger partial charge is 0.243 e. The van der Waals surface area contributed by atoms with Gasteiger partial charge in [-0.15, -0.1) is 12.4 Å². The van der Waals surface area contributed by atoms with Gasteiger partial charge in [-0.05, 0) is 32.0 Å². The number of nitrogens with zero attached hydrogens (tertiary/aromatic N) is 1. The van der Waals surface area contributed by atoms with Gasteiger partial charge in [-0.2, -0.15) is 4.31 Å². The van der Waals surface area contributed by atoms with E-state index in [9.17, 15) is 8.42 Å². The summed E-state index contributed by atoms with van der Waals surface area (Å²) < 4.78 is 38.1. The first kappa shape index (κ1) is 17.3. The lowest BCUT2D eigenvalue weighted by molar-refractivity contribution is 0.171. The van der Waals surface area contributed by atoms with E-state index in [0.717, 1.165) is 12.8 Å². The summed E-state index contributed by atoms with van der Waals surface area (Å²) in [5, 5.41) is 3.06. The SMILES string of the molecule is CNCC1CCCN1S(=O)(=O)c1ccc2c(c1)OCCO2.Cl. The van der Waals surface area contributed by atoms with Gasteiger partial charge in [0, 0.05) is 25.2 Å². The second-order valence-corrected chi connectivity index (χ2v) is 7.17. The highest BCUT2D eigenvalue weighted by Gasteiger charge is 2.35. The van der Waals surface area contributed by atoms with Gasteiger partial charge in [0.15, 0.2) is 11.5 Å². The molecule has 6 nitrogen and oxygen atoms in total. The van der Waals surface area contributed by atoms with Gasteiger partial charge in [-0.25, -0.2) is 8.42 Å². The van der Waals surface area contributed by atoms with Gasteiger partial charge in [-0.1, -0.05) is 0 Å². The summed E-state index contributed by atoms with van der Waals surface area (Å²) in [6, 6.07) is 4.86. The van der Waals surface area contributed by atoms with E-state index in [1.165, 1.54) is 0 Å². The molecule has 0 aliphatic carbocycles. The van der Waals surface area contributed by atoms with Crippen molar-refractivity contribution in [3.8, 4) is 11.5 Å². The summed E-state index contributed by atoms with van der Waals surface area (Å²) in [4.78, 5) is 0.273. The minimum Gasteiger partial charge on any atom is -0.486 e. The van der Waals surface area contributed by atoms with Gasteiger partial charge in [0.1, 0.15) is 13.2 Å². The summed E-state index contributed by atoms with van der Waals surface area (Å²) in [7, 11) is -1.65. The molecule has 1 aromatic carbocycles. The maximum absolute atomic E-state index is 12.8. The van der Waals surface area contributed by atoms with Crippen LogP contribution in [0.4, 0.5) is 0 Å². The second-order valence-electron chi connectivity index (χ2n) is 5.27. The van der Waals surface area contributed by atoms with Crippen molar-refractivity contribution in [1.29, 1.82) is 0 Å². The maximum atomic E-state index is 12.8. The number of hydrogen-bond donors (Lipinski definition) is 1. The molecule has 0 aromatic heterocycles. The Morgan fingerprint density at radius 2 is 2.00 bits per heavy atom. The van der Waals surface area contributed by atoms with Crippen molar-refractivity contribution in [3.05, 3.63) is 18.2 Å². The third-order valence-corrected chi connectivity index (χ3v) is 5.83. The van der Waals surface area contributed by atoms with Gasteiger partial charge in [0.05, 0.1) is 4.90 Å². The number of nitrogens with one attached hydrogen (secondary N) is 1. The molecular formula is C14H21ClN2O4S. The van der Waals surface area contributed by atoms with Crippen LogP contribution >= 0.6 is 12.4 Å². The van der Waals surface area contributed by atoms with Crippen molar-refractivity contribution in [2.24, 2.45) is 0 Å². The van der Waals surface area contributed by atoms with Crippen LogP contribution in [0.1, 0.15) is 12.8 Å². The van der Waals surface area contributed by atoms with E-state index in [4.69, 9.17) is 9.47 Å². The lowest BCUT2D eigenvalue weighted by atomic mass is 10.2. The molecule has 2 aliphatic heterocycles. The molecule has 0 saturated carbocycles. The maximum Gasteiger partial charge on any atom is 0.243 e. The van der Waals surface area contributed by atoms with E-state index in [-0.39, 0.29) is 23.3 Å². The van der Waals surface area contributed by atoms with Crippen LogP contribution in [-0.2, 0) is 10.0 Å². The molecule has 124 valence electrons. The molecule has 2 aliphatic rings. The van der Waals surface area contributed by atoms with Crippen molar-refractivity contribution in [1.82, 2.24) is 9.62 Å². The van der Waals surface area contributed by atoms with Crippen LogP contribution in [0.25, 0.3) is 0 Å². The Bertz CT molecular complexity index is 623. The van der Waals surface area contributed by atoms with Crippen LogP contribution in [0, 0.1) is 0 Å². The number of halogens is 1. The van der Waals surface area contributed by atoms with Gasteiger partial charge in [0.2, 0.25) is 10.0 Å². The number of benzene rings is 1. The summed E-state index contributed by atoms with van der Waals surface area (Å²) >= 11 is 0. The first-order valence-electron chi connectivity index (χ1n) is 7.19. The number of rotatable bonds is 4. The molecule has 1 saturated heterocycles. The van der Waals surface area contributed by atoms with Gasteiger partial charge in [-0.3, -0.25) is 0 Å². The number of likely N-dealkylation sites (N-methyl/N-ethyl adjacent to an activating group) is 1. The third kappa shape index (κ3) is 3.17. The Labute approximate surface area is 137 Å². The zero-order valence-corrected chi connectivity index (χ0v) is 14.1. The summed E-state index contributed by atoms with van der Waals surface area (Å²) in [6.07, 6.45) is 1.79. The second kappa shape index (κ2) is 7.04. The Kier molecular flexibility index (Phi) is 5.55. The fraction of sp³-hybridized carbons (Fsp3) is 0.571. The van der Waals surface area contributed by atoms with Crippen molar-refractivity contribution in [2.45, 2.75) is 23.8 Å². The zero-order valence-electron chi connectivity index (χ0n) is 12.4. The van der Waals surface area contributed by atoms with Gasteiger partial charge < -0.3 is 14.8 Å². The number of hydrogen-bond acceptors (Lipinski definition) is 5.